The van der Waals surface area contributed by atoms with Crippen LogP contribution in [-0.4, -0.2) is 82.7 Å². The summed E-state index contributed by atoms with van der Waals surface area (Å²) in [6, 6.07) is 11.8. The minimum absolute atomic E-state index is 0.158. The topological polar surface area (TPSA) is 124 Å². The van der Waals surface area contributed by atoms with Crippen LogP contribution in [0.3, 0.4) is 0 Å². The van der Waals surface area contributed by atoms with E-state index in [1.807, 2.05) is 24.4 Å². The Balaban J connectivity index is 1.40. The third-order valence-electron chi connectivity index (χ3n) is 8.50. The Morgan fingerprint density at radius 2 is 1.91 bits per heavy atom. The highest BCUT2D eigenvalue weighted by Crippen LogP contribution is 2.35. The number of para-hydroxylation sites is 1. The second-order valence-electron chi connectivity index (χ2n) is 11.8. The fourth-order valence-corrected chi connectivity index (χ4v) is 6.41. The summed E-state index contributed by atoms with van der Waals surface area (Å²) in [7, 11) is 1.75. The number of likely N-dealkylation sites (N-methyl/N-ethyl adjacent to an activating group) is 1. The molecule has 234 valence electrons. The van der Waals surface area contributed by atoms with Crippen molar-refractivity contribution in [2.45, 2.75) is 64.1 Å². The van der Waals surface area contributed by atoms with Crippen LogP contribution in [-0.2, 0) is 0 Å². The van der Waals surface area contributed by atoms with Crippen LogP contribution in [0.5, 0.6) is 5.75 Å². The predicted molar refractivity (Wildman–Crippen MR) is 171 cm³/mol. The van der Waals surface area contributed by atoms with E-state index in [1.165, 1.54) is 17.8 Å². The van der Waals surface area contributed by atoms with Crippen molar-refractivity contribution in [1.82, 2.24) is 20.1 Å². The molecule has 3 N–H and O–H groups in total. The first kappa shape index (κ1) is 31.5. The van der Waals surface area contributed by atoms with E-state index in [0.717, 1.165) is 36.3 Å². The molecule has 44 heavy (non-hydrogen) atoms. The zero-order valence-corrected chi connectivity index (χ0v) is 26.3. The average Bonchev–Trinajstić information content (AvgIpc) is 3.58. The van der Waals surface area contributed by atoms with Crippen LogP contribution < -0.4 is 15.4 Å². The summed E-state index contributed by atoms with van der Waals surface area (Å²) in [5, 5.41) is 18.8. The summed E-state index contributed by atoms with van der Waals surface area (Å²) in [5.41, 5.74) is 2.00. The van der Waals surface area contributed by atoms with E-state index in [-0.39, 0.29) is 54.3 Å². The molecule has 1 saturated carbocycles. The number of aromatic nitrogens is 1. The second-order valence-corrected chi connectivity index (χ2v) is 12.7. The van der Waals surface area contributed by atoms with E-state index in [4.69, 9.17) is 4.74 Å². The lowest BCUT2D eigenvalue weighted by Crippen LogP contribution is -2.52. The molecule has 1 fully saturated rings. The van der Waals surface area contributed by atoms with Gasteiger partial charge in [-0.15, -0.1) is 11.3 Å². The van der Waals surface area contributed by atoms with Crippen molar-refractivity contribution in [2.75, 3.05) is 32.1 Å². The van der Waals surface area contributed by atoms with Gasteiger partial charge in [0.15, 0.2) is 5.75 Å². The molecule has 3 atom stereocenters. The maximum atomic E-state index is 13.8. The molecule has 4 amide bonds. The van der Waals surface area contributed by atoms with E-state index >= 15 is 0 Å². The van der Waals surface area contributed by atoms with Crippen LogP contribution in [0.4, 0.5) is 10.5 Å². The molecule has 3 aromatic rings. The quantitative estimate of drug-likeness (QED) is 0.316. The molecule has 2 heterocycles. The Morgan fingerprint density at radius 1 is 1.16 bits per heavy atom. The van der Waals surface area contributed by atoms with Gasteiger partial charge in [-0.2, -0.15) is 0 Å². The van der Waals surface area contributed by atoms with Crippen molar-refractivity contribution in [2.24, 2.45) is 5.92 Å². The van der Waals surface area contributed by atoms with E-state index in [0.29, 0.717) is 17.8 Å². The summed E-state index contributed by atoms with van der Waals surface area (Å²) >= 11 is 1.52. The number of hydrogen-bond donors (Lipinski definition) is 3. The molecule has 2 aromatic carbocycles. The van der Waals surface area contributed by atoms with Crippen LogP contribution in [0.25, 0.3) is 10.6 Å². The number of amides is 4. The van der Waals surface area contributed by atoms with Crippen molar-refractivity contribution in [3.05, 3.63) is 65.2 Å². The fraction of sp³-hybridized carbons (Fsp3) is 0.455. The minimum atomic E-state index is -0.493. The molecule has 1 aliphatic carbocycles. The van der Waals surface area contributed by atoms with Crippen LogP contribution in [0.15, 0.2) is 54.0 Å². The minimum Gasteiger partial charge on any atom is -0.485 e. The molecule has 10 nitrogen and oxygen atoms in total. The average molecular weight is 620 g/mol. The highest BCUT2D eigenvalue weighted by atomic mass is 32.1. The number of hydrogen-bond acceptors (Lipinski definition) is 7. The van der Waals surface area contributed by atoms with E-state index in [9.17, 15) is 19.5 Å². The van der Waals surface area contributed by atoms with Gasteiger partial charge in [0.2, 0.25) is 0 Å². The smallest absolute Gasteiger partial charge is 0.317 e. The van der Waals surface area contributed by atoms with Gasteiger partial charge in [-0.05, 0) is 44.0 Å². The molecular formula is C33H41N5O5S. The highest BCUT2D eigenvalue weighted by Gasteiger charge is 2.35. The van der Waals surface area contributed by atoms with Crippen molar-refractivity contribution >= 4 is 34.9 Å². The number of thiazole rings is 1. The molecule has 5 rings (SSSR count). The number of ether oxygens (including phenoxy) is 1. The van der Waals surface area contributed by atoms with Crippen LogP contribution in [0.2, 0.25) is 0 Å². The Bertz CT molecular complexity index is 1440. The standard InChI is InChI=1S/C33H41N5O5S/c1-21-18-38(22(2)20-39)32(41)26-10-7-11-27(36-30(40)23-12-14-24(15-13-23)31-34-16-17-44-31)29(26)43-28(21)19-37(3)33(42)35-25-8-5-4-6-9-25/h7,10-17,21-22,25,28,39H,4-6,8-9,18-20H2,1-3H3,(H,35,42)(H,36,40)/t21-,22-,28+/m0/s1. The zero-order chi connectivity index (χ0) is 31.2. The summed E-state index contributed by atoms with van der Waals surface area (Å²) in [6.07, 6.45) is 6.65. The summed E-state index contributed by atoms with van der Waals surface area (Å²) in [6.45, 7) is 4.18. The summed E-state index contributed by atoms with van der Waals surface area (Å²) < 4.78 is 6.57. The zero-order valence-electron chi connectivity index (χ0n) is 25.5. The SMILES string of the molecule is C[C@H]1CN([C@@H](C)CO)C(=O)c2cccc(NC(=O)c3ccc(-c4nccs4)cc3)c2O[C@@H]1CN(C)C(=O)NC1CCCCC1. The van der Waals surface area contributed by atoms with Gasteiger partial charge in [0.05, 0.1) is 30.4 Å². The third kappa shape index (κ3) is 7.22. The second kappa shape index (κ2) is 14.2. The molecule has 0 unspecified atom stereocenters. The van der Waals surface area contributed by atoms with Crippen LogP contribution >= 0.6 is 11.3 Å². The van der Waals surface area contributed by atoms with E-state index in [2.05, 4.69) is 15.6 Å². The Morgan fingerprint density at radius 3 is 2.59 bits per heavy atom. The number of aliphatic hydroxyl groups is 1. The normalized spacial score (nSPS) is 19.6. The third-order valence-corrected chi connectivity index (χ3v) is 9.32. The number of nitrogens with zero attached hydrogens (tertiary/aromatic N) is 3. The largest absolute Gasteiger partial charge is 0.485 e. The van der Waals surface area contributed by atoms with Gasteiger partial charge < -0.3 is 30.3 Å². The summed E-state index contributed by atoms with van der Waals surface area (Å²) in [5.74, 6) is -0.582. The monoisotopic (exact) mass is 619 g/mol. The van der Waals surface area contributed by atoms with Crippen LogP contribution in [0, 0.1) is 5.92 Å². The first-order valence-electron chi connectivity index (χ1n) is 15.3. The predicted octanol–water partition coefficient (Wildman–Crippen LogP) is 5.26. The molecule has 1 aromatic heterocycles. The van der Waals surface area contributed by atoms with Gasteiger partial charge in [-0.1, -0.05) is 44.4 Å². The first-order valence-corrected chi connectivity index (χ1v) is 16.2. The van der Waals surface area contributed by atoms with Gasteiger partial charge in [-0.3, -0.25) is 9.59 Å². The Kier molecular flexibility index (Phi) is 10.2. The van der Waals surface area contributed by atoms with Crippen LogP contribution in [0.1, 0.15) is 66.7 Å². The number of carbonyl (C=O) groups excluding carboxylic acids is 3. The van der Waals surface area contributed by atoms with Gasteiger partial charge in [0, 0.05) is 48.3 Å². The van der Waals surface area contributed by atoms with Gasteiger partial charge in [0.1, 0.15) is 11.1 Å². The molecule has 0 bridgehead atoms. The lowest BCUT2D eigenvalue weighted by molar-refractivity contribution is 0.0367. The Hall–Kier alpha value is -3.96. The number of urea groups is 1. The maximum Gasteiger partial charge on any atom is 0.317 e. The molecule has 11 heteroatoms. The number of nitrogens with one attached hydrogen (secondary N) is 2. The van der Waals surface area contributed by atoms with Crippen molar-refractivity contribution in [3.63, 3.8) is 0 Å². The number of rotatable bonds is 8. The number of carbonyl (C=O) groups is 3. The molecule has 2 aliphatic rings. The lowest BCUT2D eigenvalue weighted by atomic mass is 9.96. The van der Waals surface area contributed by atoms with Crippen molar-refractivity contribution in [3.8, 4) is 16.3 Å². The van der Waals surface area contributed by atoms with Crippen molar-refractivity contribution < 1.29 is 24.2 Å². The van der Waals surface area contributed by atoms with E-state index in [1.54, 1.807) is 60.3 Å². The van der Waals surface area contributed by atoms with E-state index < -0.39 is 12.1 Å². The number of benzene rings is 2. The molecular weight excluding hydrogens is 578 g/mol. The Labute approximate surface area is 262 Å². The number of fused-ring (bicyclic) bond motifs is 1. The lowest BCUT2D eigenvalue weighted by Gasteiger charge is -2.38. The van der Waals surface area contributed by atoms with Gasteiger partial charge >= 0.3 is 6.03 Å². The summed E-state index contributed by atoms with van der Waals surface area (Å²) in [4.78, 5) is 47.9. The van der Waals surface area contributed by atoms with Crippen molar-refractivity contribution in [1.29, 1.82) is 0 Å². The number of anilines is 1. The number of aliphatic hydroxyl groups excluding tert-OH is 1. The molecule has 1 aliphatic heterocycles. The first-order chi connectivity index (χ1) is 21.2. The fourth-order valence-electron chi connectivity index (χ4n) is 5.77. The maximum absolute atomic E-state index is 13.8. The molecule has 0 radical (unpaired) electrons. The molecule has 0 spiro atoms. The van der Waals surface area contributed by atoms with Gasteiger partial charge in [-0.25, -0.2) is 9.78 Å². The highest BCUT2D eigenvalue weighted by molar-refractivity contribution is 7.13. The van der Waals surface area contributed by atoms with Gasteiger partial charge in [0.25, 0.3) is 11.8 Å². The molecule has 0 saturated heterocycles.